The quantitative estimate of drug-likeness (QED) is 0.374. The van der Waals surface area contributed by atoms with Crippen molar-refractivity contribution in [1.82, 2.24) is 0 Å². The lowest BCUT2D eigenvalue weighted by Crippen LogP contribution is -2.27. The molecule has 94 valence electrons. The summed E-state index contributed by atoms with van der Waals surface area (Å²) in [4.78, 5) is 0.390. The van der Waals surface area contributed by atoms with E-state index < -0.39 is 9.75 Å². The van der Waals surface area contributed by atoms with Crippen molar-refractivity contribution in [3.05, 3.63) is 23.2 Å². The average molecular weight is 434 g/mol. The van der Waals surface area contributed by atoms with Crippen molar-refractivity contribution in [3.8, 4) is 0 Å². The van der Waals surface area contributed by atoms with Crippen molar-refractivity contribution in [1.29, 1.82) is 0 Å². The third-order valence-electron chi connectivity index (χ3n) is 1.94. The first-order valence-electron chi connectivity index (χ1n) is 4.42. The van der Waals surface area contributed by atoms with Gasteiger partial charge in [-0.15, -0.1) is 46.4 Å². The Hall–Kier alpha value is 1.60. The molecule has 0 N–H and O–H groups in total. The van der Waals surface area contributed by atoms with E-state index in [4.69, 9.17) is 46.4 Å². The van der Waals surface area contributed by atoms with Crippen molar-refractivity contribution in [2.75, 3.05) is 11.2 Å². The van der Waals surface area contributed by atoms with Gasteiger partial charge in [-0.25, -0.2) is 0 Å². The zero-order valence-corrected chi connectivity index (χ0v) is 14.8. The van der Waals surface area contributed by atoms with Gasteiger partial charge in [0.1, 0.15) is 0 Å². The highest BCUT2D eigenvalue weighted by Gasteiger charge is 2.27. The van der Waals surface area contributed by atoms with E-state index in [1.807, 2.05) is 6.92 Å². The summed E-state index contributed by atoms with van der Waals surface area (Å²) in [6.45, 7) is 1.82. The average Bonchev–Trinajstić information content (AvgIpc) is 2.25. The van der Waals surface area contributed by atoms with Crippen LogP contribution in [0.4, 0.5) is 0 Å². The summed E-state index contributed by atoms with van der Waals surface area (Å²) in [5, 5.41) is 0.182. The van der Waals surface area contributed by atoms with Crippen LogP contribution < -0.4 is 0 Å². The topological polar surface area (TPSA) is 0 Å². The van der Waals surface area contributed by atoms with Crippen LogP contribution in [0.25, 0.3) is 0 Å². The fraction of sp³-hybridized carbons (Fsp3) is 0.600. The van der Waals surface area contributed by atoms with E-state index in [2.05, 4.69) is 31.9 Å². The van der Waals surface area contributed by atoms with Gasteiger partial charge in [-0.2, -0.15) is 0 Å². The number of rotatable bonds is 6. The summed E-state index contributed by atoms with van der Waals surface area (Å²) in [6.07, 6.45) is 5.30. The molecule has 6 heteroatoms. The Morgan fingerprint density at radius 2 is 1.88 bits per heavy atom. The molecular formula is C10H12Br2Cl4. The second-order valence-corrected chi connectivity index (χ2v) is 6.90. The van der Waals surface area contributed by atoms with Crippen molar-refractivity contribution in [2.45, 2.75) is 22.0 Å². The molecule has 0 rings (SSSR count). The van der Waals surface area contributed by atoms with Crippen molar-refractivity contribution < 1.29 is 0 Å². The second-order valence-electron chi connectivity index (χ2n) is 3.51. The van der Waals surface area contributed by atoms with Gasteiger partial charge in [0, 0.05) is 11.2 Å². The highest BCUT2D eigenvalue weighted by molar-refractivity contribution is 9.11. The van der Waals surface area contributed by atoms with E-state index in [0.717, 1.165) is 0 Å². The van der Waals surface area contributed by atoms with Crippen molar-refractivity contribution >= 4 is 78.3 Å². The molecule has 0 fully saturated rings. The van der Waals surface area contributed by atoms with Crippen LogP contribution in [-0.4, -0.2) is 26.3 Å². The predicted molar refractivity (Wildman–Crippen MR) is 84.2 cm³/mol. The van der Waals surface area contributed by atoms with Gasteiger partial charge in [0.25, 0.3) is 0 Å². The van der Waals surface area contributed by atoms with Gasteiger partial charge in [0.2, 0.25) is 0 Å². The summed E-state index contributed by atoms with van der Waals surface area (Å²) in [6, 6.07) is 0. The second kappa shape index (κ2) is 7.91. The molecule has 0 bridgehead atoms. The Morgan fingerprint density at radius 1 is 1.31 bits per heavy atom. The van der Waals surface area contributed by atoms with Crippen LogP contribution in [-0.2, 0) is 0 Å². The lowest BCUT2D eigenvalue weighted by atomic mass is 10.0. The lowest BCUT2D eigenvalue weighted by Gasteiger charge is -2.23. The van der Waals surface area contributed by atoms with Gasteiger partial charge in [-0.3, -0.25) is 0 Å². The summed E-state index contributed by atoms with van der Waals surface area (Å²) < 4.78 is 0. The fourth-order valence-electron chi connectivity index (χ4n) is 0.785. The molecule has 3 unspecified atom stereocenters. The van der Waals surface area contributed by atoms with Crippen LogP contribution in [0.15, 0.2) is 23.2 Å². The SMILES string of the molecule is CC(Cl)(C=CBr)C(Cl)C=CC(Cl)(CCl)CBr. The molecule has 0 amide bonds. The first-order valence-corrected chi connectivity index (χ1v) is 8.19. The molecule has 0 saturated heterocycles. The van der Waals surface area contributed by atoms with E-state index >= 15 is 0 Å². The zero-order chi connectivity index (χ0) is 12.8. The normalized spacial score (nSPS) is 22.2. The van der Waals surface area contributed by atoms with Crippen LogP contribution >= 0.6 is 78.3 Å². The third kappa shape index (κ3) is 5.97. The van der Waals surface area contributed by atoms with Gasteiger partial charge in [-0.05, 0) is 11.9 Å². The molecule has 0 aliphatic carbocycles. The molecule has 0 aromatic rings. The van der Waals surface area contributed by atoms with Crippen LogP contribution in [0, 0.1) is 0 Å². The standard InChI is InChI=1S/C10H12Br2Cl4/c1-9(15,4-5-11)8(14)2-3-10(16,6-12)7-13/h2-5,8H,6-7H2,1H3. The molecule has 0 aromatic carbocycles. The van der Waals surface area contributed by atoms with Gasteiger partial charge in [0.05, 0.1) is 15.1 Å². The number of alkyl halides is 5. The minimum absolute atomic E-state index is 0.299. The van der Waals surface area contributed by atoms with Crippen LogP contribution in [0.3, 0.4) is 0 Å². The Bertz CT molecular complexity index is 260. The summed E-state index contributed by atoms with van der Waals surface area (Å²) in [5.41, 5.74) is 0. The van der Waals surface area contributed by atoms with E-state index in [1.165, 1.54) is 0 Å². The van der Waals surface area contributed by atoms with Crippen LogP contribution in [0.5, 0.6) is 0 Å². The number of hydrogen-bond donors (Lipinski definition) is 0. The molecule has 0 aromatic heterocycles. The van der Waals surface area contributed by atoms with Crippen LogP contribution in [0.2, 0.25) is 0 Å². The molecule has 0 aliphatic rings. The highest BCUT2D eigenvalue weighted by atomic mass is 79.9. The zero-order valence-electron chi connectivity index (χ0n) is 8.57. The lowest BCUT2D eigenvalue weighted by molar-refractivity contribution is 0.791. The van der Waals surface area contributed by atoms with Gasteiger partial charge < -0.3 is 0 Å². The van der Waals surface area contributed by atoms with E-state index in [0.29, 0.717) is 11.2 Å². The Kier molecular flexibility index (Phi) is 8.70. The fourth-order valence-corrected chi connectivity index (χ4v) is 2.64. The monoisotopic (exact) mass is 430 g/mol. The molecule has 3 atom stereocenters. The largest absolute Gasteiger partial charge is 0.124 e. The maximum absolute atomic E-state index is 6.21. The Morgan fingerprint density at radius 3 is 2.25 bits per heavy atom. The van der Waals surface area contributed by atoms with Crippen LogP contribution in [0.1, 0.15) is 6.92 Å². The number of halogens is 6. The van der Waals surface area contributed by atoms with Crippen molar-refractivity contribution in [3.63, 3.8) is 0 Å². The molecule has 0 saturated carbocycles. The summed E-state index contributed by atoms with van der Waals surface area (Å²) >= 11 is 30.8. The first kappa shape index (κ1) is 17.6. The van der Waals surface area contributed by atoms with E-state index in [-0.39, 0.29) is 5.38 Å². The Balaban J connectivity index is 4.66. The molecule has 0 aliphatic heterocycles. The minimum Gasteiger partial charge on any atom is -0.124 e. The smallest absolute Gasteiger partial charge is 0.0857 e. The highest BCUT2D eigenvalue weighted by Crippen LogP contribution is 2.29. The molecule has 0 radical (unpaired) electrons. The summed E-state index contributed by atoms with van der Waals surface area (Å²) in [7, 11) is 0. The predicted octanol–water partition coefficient (Wildman–Crippen LogP) is 5.67. The number of allylic oxidation sites excluding steroid dienone is 3. The van der Waals surface area contributed by atoms with Gasteiger partial charge in [0.15, 0.2) is 0 Å². The first-order chi connectivity index (χ1) is 7.31. The van der Waals surface area contributed by atoms with E-state index in [1.54, 1.807) is 23.2 Å². The number of hydrogen-bond acceptors (Lipinski definition) is 0. The summed E-state index contributed by atoms with van der Waals surface area (Å²) in [5.74, 6) is 0.299. The molecule has 16 heavy (non-hydrogen) atoms. The maximum Gasteiger partial charge on any atom is 0.0857 e. The van der Waals surface area contributed by atoms with Gasteiger partial charge in [-0.1, -0.05) is 50.1 Å². The maximum atomic E-state index is 6.21. The van der Waals surface area contributed by atoms with Gasteiger partial charge >= 0.3 is 0 Å². The Labute approximate surface area is 134 Å². The molecule has 0 spiro atoms. The molecule has 0 nitrogen and oxygen atoms in total. The minimum atomic E-state index is -0.669. The van der Waals surface area contributed by atoms with E-state index in [9.17, 15) is 0 Å². The molecule has 0 heterocycles. The molecular weight excluding hydrogens is 422 g/mol. The van der Waals surface area contributed by atoms with Crippen molar-refractivity contribution in [2.24, 2.45) is 0 Å². The third-order valence-corrected chi connectivity index (χ3v) is 5.60.